The topological polar surface area (TPSA) is 53.5 Å². The molecule has 13 rings (SSSR count). The first-order chi connectivity index (χ1) is 31.3. The molecule has 0 aliphatic heterocycles. The first kappa shape index (κ1) is 35.2. The number of hydrogen-bond donors (Lipinski definition) is 0. The molecule has 6 heteroatoms. The third-order valence-corrected chi connectivity index (χ3v) is 12.5. The zero-order valence-electron chi connectivity index (χ0n) is 34.0. The largest absolute Gasteiger partial charge is 0.309 e. The fraction of sp³-hybridized carbons (Fsp3) is 0. The van der Waals surface area contributed by atoms with Crippen molar-refractivity contribution in [2.24, 2.45) is 0 Å². The second kappa shape index (κ2) is 14.0. The van der Waals surface area contributed by atoms with E-state index >= 15 is 0 Å². The average Bonchev–Trinajstić information content (AvgIpc) is 4.00. The van der Waals surface area contributed by atoms with Gasteiger partial charge in [-0.15, -0.1) is 0 Å². The van der Waals surface area contributed by atoms with Crippen molar-refractivity contribution in [2.45, 2.75) is 0 Å². The number of nitrogens with zero attached hydrogens (tertiary/aromatic N) is 6. The number of fused-ring (bicyclic) bond motifs is 10. The standard InChI is InChI=1S/C57H36N6/c1-3-17-37(18-4-1)39-21-15-23-41(35-39)61-51-32-14-10-28-47(51)53-52(61)34-33-46-45-27-9-11-29-48(45)62(54(46)53)42-24-16-22-40(36-42)56-58-55(38-19-5-2-6-20-38)59-57(60-56)63-49-30-12-7-25-43(49)44-26-8-13-31-50(44)63/h1-36H. The van der Waals surface area contributed by atoms with Crippen molar-refractivity contribution in [3.8, 4) is 51.2 Å². The molecule has 0 spiro atoms. The van der Waals surface area contributed by atoms with Crippen LogP contribution in [0, 0.1) is 0 Å². The molecular formula is C57H36N6. The van der Waals surface area contributed by atoms with Gasteiger partial charge >= 0.3 is 0 Å². The highest BCUT2D eigenvalue weighted by Gasteiger charge is 2.22. The first-order valence-corrected chi connectivity index (χ1v) is 21.3. The summed E-state index contributed by atoms with van der Waals surface area (Å²) in [7, 11) is 0. The molecule has 0 fully saturated rings. The molecule has 0 N–H and O–H groups in total. The summed E-state index contributed by atoms with van der Waals surface area (Å²) in [5, 5.41) is 7.11. The second-order valence-electron chi connectivity index (χ2n) is 16.0. The van der Waals surface area contributed by atoms with Crippen molar-refractivity contribution in [2.75, 3.05) is 0 Å². The van der Waals surface area contributed by atoms with Gasteiger partial charge in [-0.25, -0.2) is 4.98 Å². The minimum absolute atomic E-state index is 0.573. The van der Waals surface area contributed by atoms with Gasteiger partial charge in [0.1, 0.15) is 0 Å². The van der Waals surface area contributed by atoms with E-state index in [-0.39, 0.29) is 0 Å². The molecule has 0 amide bonds. The summed E-state index contributed by atoms with van der Waals surface area (Å²) in [6, 6.07) is 77.4. The van der Waals surface area contributed by atoms with Crippen LogP contribution in [0.25, 0.3) is 117 Å². The van der Waals surface area contributed by atoms with Crippen LogP contribution in [0.4, 0.5) is 0 Å². The average molecular weight is 805 g/mol. The summed E-state index contributed by atoms with van der Waals surface area (Å²) in [5.41, 5.74) is 13.0. The van der Waals surface area contributed by atoms with Gasteiger partial charge in [0, 0.05) is 54.8 Å². The van der Waals surface area contributed by atoms with E-state index in [0.717, 1.165) is 66.4 Å². The van der Waals surface area contributed by atoms with Gasteiger partial charge in [-0.2, -0.15) is 9.97 Å². The van der Waals surface area contributed by atoms with Crippen LogP contribution in [0.5, 0.6) is 0 Å². The van der Waals surface area contributed by atoms with Crippen LogP contribution in [0.2, 0.25) is 0 Å². The van der Waals surface area contributed by atoms with Gasteiger partial charge in [0.15, 0.2) is 11.6 Å². The third-order valence-electron chi connectivity index (χ3n) is 12.5. The Balaban J connectivity index is 1.06. The highest BCUT2D eigenvalue weighted by Crippen LogP contribution is 2.43. The van der Waals surface area contributed by atoms with Crippen molar-refractivity contribution in [1.29, 1.82) is 0 Å². The van der Waals surface area contributed by atoms with Crippen molar-refractivity contribution in [1.82, 2.24) is 28.7 Å². The maximum Gasteiger partial charge on any atom is 0.238 e. The van der Waals surface area contributed by atoms with E-state index in [2.05, 4.69) is 214 Å². The Labute approximate surface area is 362 Å². The van der Waals surface area contributed by atoms with Gasteiger partial charge in [0.2, 0.25) is 5.95 Å². The molecule has 0 bridgehead atoms. The van der Waals surface area contributed by atoms with Gasteiger partial charge < -0.3 is 9.13 Å². The minimum atomic E-state index is 0.573. The smallest absolute Gasteiger partial charge is 0.238 e. The van der Waals surface area contributed by atoms with Gasteiger partial charge in [0.05, 0.1) is 33.1 Å². The maximum atomic E-state index is 5.30. The fourth-order valence-electron chi connectivity index (χ4n) is 9.74. The Hall–Kier alpha value is -8.61. The fourth-order valence-corrected chi connectivity index (χ4v) is 9.74. The number of benzene rings is 9. The van der Waals surface area contributed by atoms with Crippen molar-refractivity contribution < 1.29 is 0 Å². The molecule has 63 heavy (non-hydrogen) atoms. The Bertz CT molecular complexity index is 3860. The van der Waals surface area contributed by atoms with E-state index in [9.17, 15) is 0 Å². The highest BCUT2D eigenvalue weighted by atomic mass is 15.2. The van der Waals surface area contributed by atoms with Crippen molar-refractivity contribution in [3.63, 3.8) is 0 Å². The molecule has 0 aliphatic rings. The summed E-state index contributed by atoms with van der Waals surface area (Å²) in [4.78, 5) is 15.7. The van der Waals surface area contributed by atoms with E-state index < -0.39 is 0 Å². The lowest BCUT2D eigenvalue weighted by Gasteiger charge is -2.13. The van der Waals surface area contributed by atoms with Gasteiger partial charge in [0.25, 0.3) is 0 Å². The van der Waals surface area contributed by atoms with E-state index in [4.69, 9.17) is 15.0 Å². The molecule has 0 atom stereocenters. The van der Waals surface area contributed by atoms with Gasteiger partial charge in [-0.3, -0.25) is 4.57 Å². The SMILES string of the molecule is c1ccc(-c2cccc(-n3c4ccccc4c4c3ccc3c5ccccc5n(-c5cccc(-c6nc(-c7ccccc7)nc(-n7c8ccccc8c8ccccc87)n6)c5)c34)c2)cc1. The maximum absolute atomic E-state index is 5.30. The molecule has 0 radical (unpaired) electrons. The predicted octanol–water partition coefficient (Wildman–Crippen LogP) is 14.2. The molecule has 0 saturated carbocycles. The van der Waals surface area contributed by atoms with Crippen LogP contribution in [0.15, 0.2) is 218 Å². The highest BCUT2D eigenvalue weighted by molar-refractivity contribution is 6.26. The molecule has 6 nitrogen and oxygen atoms in total. The zero-order valence-corrected chi connectivity index (χ0v) is 34.0. The van der Waals surface area contributed by atoms with E-state index in [1.54, 1.807) is 0 Å². The number of rotatable bonds is 6. The summed E-state index contributed by atoms with van der Waals surface area (Å²) in [6.45, 7) is 0. The Morgan fingerprint density at radius 2 is 0.730 bits per heavy atom. The van der Waals surface area contributed by atoms with Crippen LogP contribution >= 0.6 is 0 Å². The van der Waals surface area contributed by atoms with E-state index in [1.807, 2.05) is 18.2 Å². The van der Waals surface area contributed by atoms with Crippen LogP contribution < -0.4 is 0 Å². The normalized spacial score (nSPS) is 11.8. The Morgan fingerprint density at radius 3 is 1.38 bits per heavy atom. The lowest BCUT2D eigenvalue weighted by Crippen LogP contribution is -2.06. The molecule has 0 saturated heterocycles. The molecule has 0 aliphatic carbocycles. The summed E-state index contributed by atoms with van der Waals surface area (Å²) < 4.78 is 7.02. The minimum Gasteiger partial charge on any atom is -0.309 e. The van der Waals surface area contributed by atoms with Crippen LogP contribution in [-0.4, -0.2) is 28.7 Å². The third kappa shape index (κ3) is 5.48. The molecule has 9 aromatic carbocycles. The molecule has 13 aromatic rings. The van der Waals surface area contributed by atoms with Crippen molar-refractivity contribution >= 4 is 65.4 Å². The first-order valence-electron chi connectivity index (χ1n) is 21.3. The molecular weight excluding hydrogens is 769 g/mol. The van der Waals surface area contributed by atoms with Crippen LogP contribution in [-0.2, 0) is 0 Å². The summed E-state index contributed by atoms with van der Waals surface area (Å²) >= 11 is 0. The summed E-state index contributed by atoms with van der Waals surface area (Å²) in [6.07, 6.45) is 0. The second-order valence-corrected chi connectivity index (χ2v) is 16.0. The molecule has 0 unspecified atom stereocenters. The molecule has 4 heterocycles. The molecule has 4 aromatic heterocycles. The number of aromatic nitrogens is 6. The number of para-hydroxylation sites is 4. The van der Waals surface area contributed by atoms with E-state index in [0.29, 0.717) is 17.6 Å². The van der Waals surface area contributed by atoms with Crippen LogP contribution in [0.1, 0.15) is 0 Å². The Kier molecular flexibility index (Phi) is 7.80. The predicted molar refractivity (Wildman–Crippen MR) is 259 cm³/mol. The molecule has 294 valence electrons. The van der Waals surface area contributed by atoms with Gasteiger partial charge in [-0.1, -0.05) is 164 Å². The lowest BCUT2D eigenvalue weighted by molar-refractivity contribution is 0.953. The van der Waals surface area contributed by atoms with E-state index in [1.165, 1.54) is 32.7 Å². The monoisotopic (exact) mass is 804 g/mol. The Morgan fingerprint density at radius 1 is 0.270 bits per heavy atom. The number of hydrogen-bond acceptors (Lipinski definition) is 3. The zero-order chi connectivity index (χ0) is 41.4. The quantitative estimate of drug-likeness (QED) is 0.168. The van der Waals surface area contributed by atoms with Crippen molar-refractivity contribution in [3.05, 3.63) is 218 Å². The van der Waals surface area contributed by atoms with Gasteiger partial charge in [-0.05, 0) is 65.7 Å². The summed E-state index contributed by atoms with van der Waals surface area (Å²) in [5.74, 6) is 1.79. The van der Waals surface area contributed by atoms with Crippen LogP contribution in [0.3, 0.4) is 0 Å². The lowest BCUT2D eigenvalue weighted by atomic mass is 10.1.